The lowest BCUT2D eigenvalue weighted by atomic mass is 9.97. The highest BCUT2D eigenvalue weighted by atomic mass is 16.4. The molecule has 2 aromatic carbocycles. The lowest BCUT2D eigenvalue weighted by Crippen LogP contribution is -2.55. The minimum atomic E-state index is -0.738. The number of carboxylic acids is 1. The van der Waals surface area contributed by atoms with Crippen LogP contribution in [0.1, 0.15) is 42.9 Å². The summed E-state index contributed by atoms with van der Waals surface area (Å²) in [5.74, 6) is -0.137. The Balaban J connectivity index is 1.46. The molecule has 0 aliphatic carbocycles. The number of carbonyl (C=O) groups is 1. The molecule has 0 amide bonds. The van der Waals surface area contributed by atoms with Gasteiger partial charge in [0.05, 0.1) is 0 Å². The molecule has 0 bridgehead atoms. The zero-order chi connectivity index (χ0) is 23.1. The number of nitrogens with one attached hydrogen (secondary N) is 3. The number of hydrogen-bond donors (Lipinski definition) is 4. The highest BCUT2D eigenvalue weighted by Crippen LogP contribution is 2.19. The Kier molecular flexibility index (Phi) is 8.67. The van der Waals surface area contributed by atoms with E-state index in [-0.39, 0.29) is 12.2 Å². The molecule has 0 spiro atoms. The summed E-state index contributed by atoms with van der Waals surface area (Å²) in [6.45, 7) is 8.74. The van der Waals surface area contributed by atoms with Gasteiger partial charge in [0, 0.05) is 31.2 Å². The van der Waals surface area contributed by atoms with E-state index in [9.17, 15) is 9.90 Å². The summed E-state index contributed by atoms with van der Waals surface area (Å²) in [6, 6.07) is 16.8. The van der Waals surface area contributed by atoms with Crippen LogP contribution in [0.3, 0.4) is 0 Å². The average molecular weight is 439 g/mol. The Morgan fingerprint density at radius 1 is 1.12 bits per heavy atom. The SMILES string of the molecule is CC[C@@H](C)[C@@H](C(=O)O)N(C)CCc1ccc(NC2NCC(c3ccc(C)cc3)CN2)cc1. The molecule has 0 radical (unpaired) electrons. The maximum absolute atomic E-state index is 11.6. The third kappa shape index (κ3) is 6.55. The van der Waals surface area contributed by atoms with Crippen molar-refractivity contribution in [1.29, 1.82) is 0 Å². The Morgan fingerprint density at radius 3 is 2.31 bits per heavy atom. The second-order valence-corrected chi connectivity index (χ2v) is 9.10. The maximum Gasteiger partial charge on any atom is 0.321 e. The molecule has 1 aliphatic rings. The van der Waals surface area contributed by atoms with Crippen LogP contribution in [0.5, 0.6) is 0 Å². The molecule has 1 heterocycles. The smallest absolute Gasteiger partial charge is 0.321 e. The van der Waals surface area contributed by atoms with Gasteiger partial charge in [0.1, 0.15) is 12.3 Å². The topological polar surface area (TPSA) is 76.6 Å². The van der Waals surface area contributed by atoms with Gasteiger partial charge in [0.2, 0.25) is 0 Å². The van der Waals surface area contributed by atoms with Crippen molar-refractivity contribution in [3.05, 3.63) is 65.2 Å². The van der Waals surface area contributed by atoms with E-state index in [1.54, 1.807) is 0 Å². The molecule has 1 fully saturated rings. The molecule has 2 atom stereocenters. The number of rotatable bonds is 10. The summed E-state index contributed by atoms with van der Waals surface area (Å²) in [6.07, 6.45) is 1.73. The molecule has 4 N–H and O–H groups in total. The molecule has 0 unspecified atom stereocenters. The van der Waals surface area contributed by atoms with Crippen molar-refractivity contribution >= 4 is 11.7 Å². The van der Waals surface area contributed by atoms with Crippen molar-refractivity contribution in [3.8, 4) is 0 Å². The molecular formula is C26H38N4O2. The maximum atomic E-state index is 11.6. The van der Waals surface area contributed by atoms with Gasteiger partial charge in [-0.15, -0.1) is 0 Å². The molecule has 3 rings (SSSR count). The van der Waals surface area contributed by atoms with Crippen LogP contribution < -0.4 is 16.0 Å². The largest absolute Gasteiger partial charge is 0.480 e. The lowest BCUT2D eigenvalue weighted by molar-refractivity contribution is -0.144. The number of anilines is 1. The normalized spacial score (nSPS) is 20.7. The van der Waals surface area contributed by atoms with E-state index in [0.717, 1.165) is 38.2 Å². The fourth-order valence-corrected chi connectivity index (χ4v) is 4.31. The van der Waals surface area contributed by atoms with E-state index in [1.165, 1.54) is 16.7 Å². The number of hydrogen-bond acceptors (Lipinski definition) is 5. The Bertz CT molecular complexity index is 845. The summed E-state index contributed by atoms with van der Waals surface area (Å²) in [7, 11) is 1.91. The Morgan fingerprint density at radius 2 is 1.75 bits per heavy atom. The number of benzene rings is 2. The van der Waals surface area contributed by atoms with Crippen LogP contribution in [0.15, 0.2) is 48.5 Å². The molecule has 0 aromatic heterocycles. The fourth-order valence-electron chi connectivity index (χ4n) is 4.31. The minimum absolute atomic E-state index is 0.0422. The number of likely N-dealkylation sites (N-methyl/N-ethyl adjacent to an activating group) is 1. The van der Waals surface area contributed by atoms with Crippen molar-refractivity contribution < 1.29 is 9.90 Å². The fraction of sp³-hybridized carbons (Fsp3) is 0.500. The van der Waals surface area contributed by atoms with Crippen LogP contribution in [0.2, 0.25) is 0 Å². The lowest BCUT2D eigenvalue weighted by Gasteiger charge is -2.32. The summed E-state index contributed by atoms with van der Waals surface area (Å²) in [5.41, 5.74) is 4.92. The molecule has 2 aromatic rings. The molecule has 0 saturated carbocycles. The van der Waals surface area contributed by atoms with Crippen LogP contribution in [0.4, 0.5) is 5.69 Å². The molecular weight excluding hydrogens is 400 g/mol. The van der Waals surface area contributed by atoms with Crippen LogP contribution in [0, 0.1) is 12.8 Å². The van der Waals surface area contributed by atoms with Gasteiger partial charge in [-0.3, -0.25) is 20.3 Å². The molecule has 174 valence electrons. The van der Waals surface area contributed by atoms with Gasteiger partial charge in [-0.1, -0.05) is 62.2 Å². The van der Waals surface area contributed by atoms with E-state index >= 15 is 0 Å². The van der Waals surface area contributed by atoms with Crippen molar-refractivity contribution in [2.45, 2.75) is 51.9 Å². The summed E-state index contributed by atoms with van der Waals surface area (Å²) in [5, 5.41) is 20.1. The van der Waals surface area contributed by atoms with E-state index < -0.39 is 12.0 Å². The van der Waals surface area contributed by atoms with Crippen molar-refractivity contribution in [3.63, 3.8) is 0 Å². The Hall–Kier alpha value is -2.41. The van der Waals surface area contributed by atoms with Gasteiger partial charge in [-0.2, -0.15) is 0 Å². The van der Waals surface area contributed by atoms with Crippen molar-refractivity contribution in [2.24, 2.45) is 5.92 Å². The highest BCUT2D eigenvalue weighted by Gasteiger charge is 2.27. The van der Waals surface area contributed by atoms with Crippen molar-refractivity contribution in [2.75, 3.05) is 32.0 Å². The molecule has 1 aliphatic heterocycles. The summed E-state index contributed by atoms with van der Waals surface area (Å²) in [4.78, 5) is 13.6. The number of aryl methyl sites for hydroxylation is 1. The monoisotopic (exact) mass is 438 g/mol. The second kappa shape index (κ2) is 11.5. The van der Waals surface area contributed by atoms with Crippen LogP contribution in [0.25, 0.3) is 0 Å². The first-order valence-electron chi connectivity index (χ1n) is 11.7. The summed E-state index contributed by atoms with van der Waals surface area (Å²) >= 11 is 0. The van der Waals surface area contributed by atoms with Crippen LogP contribution in [-0.2, 0) is 11.2 Å². The molecule has 6 nitrogen and oxygen atoms in total. The van der Waals surface area contributed by atoms with Crippen LogP contribution >= 0.6 is 0 Å². The summed E-state index contributed by atoms with van der Waals surface area (Å²) < 4.78 is 0. The van der Waals surface area contributed by atoms with E-state index in [4.69, 9.17) is 0 Å². The van der Waals surface area contributed by atoms with Gasteiger partial charge in [0.15, 0.2) is 0 Å². The third-order valence-corrected chi connectivity index (χ3v) is 6.61. The first kappa shape index (κ1) is 24.2. The number of carboxylic acid groups (broad SMARTS) is 1. The Labute approximate surface area is 192 Å². The zero-order valence-electron chi connectivity index (χ0n) is 19.8. The highest BCUT2D eigenvalue weighted by molar-refractivity contribution is 5.73. The second-order valence-electron chi connectivity index (χ2n) is 9.10. The number of aliphatic carboxylic acids is 1. The van der Waals surface area contributed by atoms with Gasteiger partial charge < -0.3 is 10.4 Å². The molecule has 6 heteroatoms. The van der Waals surface area contributed by atoms with E-state index in [1.807, 2.05) is 25.8 Å². The van der Waals surface area contributed by atoms with Gasteiger partial charge >= 0.3 is 5.97 Å². The van der Waals surface area contributed by atoms with Crippen molar-refractivity contribution in [1.82, 2.24) is 15.5 Å². The predicted molar refractivity (Wildman–Crippen MR) is 131 cm³/mol. The minimum Gasteiger partial charge on any atom is -0.480 e. The third-order valence-electron chi connectivity index (χ3n) is 6.61. The number of nitrogens with zero attached hydrogens (tertiary/aromatic N) is 1. The zero-order valence-corrected chi connectivity index (χ0v) is 19.8. The first-order chi connectivity index (χ1) is 15.4. The first-order valence-corrected chi connectivity index (χ1v) is 11.7. The predicted octanol–water partition coefficient (Wildman–Crippen LogP) is 3.64. The van der Waals surface area contributed by atoms with Crippen LogP contribution in [-0.4, -0.2) is 55.0 Å². The van der Waals surface area contributed by atoms with Gasteiger partial charge in [-0.05, 0) is 49.6 Å². The standard InChI is InChI=1S/C26H38N4O2/c1-5-19(3)24(25(31)32)30(4)15-14-20-8-12-23(13-9-20)29-26-27-16-22(17-28-26)21-10-6-18(2)7-11-21/h6-13,19,22,24,26-29H,5,14-17H2,1-4H3,(H,31,32)/t19-,22?,24+,26?/m1/s1. The van der Waals surface area contributed by atoms with Gasteiger partial charge in [0.25, 0.3) is 0 Å². The average Bonchev–Trinajstić information content (AvgIpc) is 2.79. The van der Waals surface area contributed by atoms with E-state index in [2.05, 4.69) is 71.4 Å². The quantitative estimate of drug-likeness (QED) is 0.454. The van der Waals surface area contributed by atoms with E-state index in [0.29, 0.717) is 5.92 Å². The molecule has 1 saturated heterocycles. The van der Waals surface area contributed by atoms with Gasteiger partial charge in [-0.25, -0.2) is 0 Å². The molecule has 32 heavy (non-hydrogen) atoms.